The highest BCUT2D eigenvalue weighted by Crippen LogP contribution is 2.40. The molecule has 3 N–H and O–H groups in total. The topological polar surface area (TPSA) is 38.0 Å². The van der Waals surface area contributed by atoms with E-state index in [1.165, 1.54) is 37.7 Å². The maximum absolute atomic E-state index is 5.94. The summed E-state index contributed by atoms with van der Waals surface area (Å²) in [5.41, 5.74) is 8.62. The summed E-state index contributed by atoms with van der Waals surface area (Å²) in [5, 5.41) is 3.60. The highest BCUT2D eigenvalue weighted by molar-refractivity contribution is 5.46. The third-order valence-electron chi connectivity index (χ3n) is 4.28. The van der Waals surface area contributed by atoms with Crippen LogP contribution < -0.4 is 11.1 Å². The van der Waals surface area contributed by atoms with Gasteiger partial charge >= 0.3 is 0 Å². The average Bonchev–Trinajstić information content (AvgIpc) is 2.81. The summed E-state index contributed by atoms with van der Waals surface area (Å²) in [4.78, 5) is 0. The minimum Gasteiger partial charge on any atom is -0.398 e. The number of nitrogen functional groups attached to an aromatic ring is 1. The second kappa shape index (κ2) is 5.54. The van der Waals surface area contributed by atoms with Gasteiger partial charge in [-0.2, -0.15) is 0 Å². The molecular formula is C15H24N2. The molecule has 0 unspecified atom stereocenters. The van der Waals surface area contributed by atoms with Crippen LogP contribution >= 0.6 is 0 Å². The Hall–Kier alpha value is -1.02. The summed E-state index contributed by atoms with van der Waals surface area (Å²) in [7, 11) is 0. The largest absolute Gasteiger partial charge is 0.398 e. The zero-order valence-corrected chi connectivity index (χ0v) is 10.8. The molecule has 94 valence electrons. The third-order valence-corrected chi connectivity index (χ3v) is 4.28. The SMILES string of the molecule is CCC1(CNCc2ccccc2N)CCCC1. The Balaban J connectivity index is 1.85. The molecule has 0 bridgehead atoms. The molecule has 1 fully saturated rings. The molecule has 0 atom stereocenters. The average molecular weight is 232 g/mol. The lowest BCUT2D eigenvalue weighted by Gasteiger charge is -2.28. The molecule has 2 heteroatoms. The molecular weight excluding hydrogens is 208 g/mol. The van der Waals surface area contributed by atoms with E-state index in [1.54, 1.807) is 0 Å². The molecule has 0 spiro atoms. The number of para-hydroxylation sites is 1. The number of nitrogens with one attached hydrogen (secondary N) is 1. The van der Waals surface area contributed by atoms with Crippen LogP contribution in [0.2, 0.25) is 0 Å². The molecule has 0 aliphatic heterocycles. The standard InChI is InChI=1S/C15H24N2/c1-2-15(9-5-6-10-15)12-17-11-13-7-3-4-8-14(13)16/h3-4,7-8,17H,2,5-6,9-12,16H2,1H3. The van der Waals surface area contributed by atoms with Crippen LogP contribution in [0.5, 0.6) is 0 Å². The fraction of sp³-hybridized carbons (Fsp3) is 0.600. The van der Waals surface area contributed by atoms with Gasteiger partial charge < -0.3 is 11.1 Å². The Morgan fingerprint density at radius 3 is 2.59 bits per heavy atom. The lowest BCUT2D eigenvalue weighted by Crippen LogP contribution is -2.31. The fourth-order valence-corrected chi connectivity index (χ4v) is 2.94. The molecule has 2 nitrogen and oxygen atoms in total. The maximum atomic E-state index is 5.94. The summed E-state index contributed by atoms with van der Waals surface area (Å²) in [6.07, 6.45) is 6.89. The van der Waals surface area contributed by atoms with E-state index >= 15 is 0 Å². The van der Waals surface area contributed by atoms with Crippen molar-refractivity contribution in [2.24, 2.45) is 5.41 Å². The smallest absolute Gasteiger partial charge is 0.0359 e. The number of hydrogen-bond acceptors (Lipinski definition) is 2. The lowest BCUT2D eigenvalue weighted by atomic mass is 9.83. The minimum absolute atomic E-state index is 0.559. The monoisotopic (exact) mass is 232 g/mol. The van der Waals surface area contributed by atoms with Gasteiger partial charge in [-0.3, -0.25) is 0 Å². The Labute approximate surface area is 105 Å². The van der Waals surface area contributed by atoms with E-state index in [0.29, 0.717) is 5.41 Å². The van der Waals surface area contributed by atoms with Crippen molar-refractivity contribution in [3.63, 3.8) is 0 Å². The molecule has 1 saturated carbocycles. The molecule has 0 heterocycles. The van der Waals surface area contributed by atoms with Crippen molar-refractivity contribution in [1.82, 2.24) is 5.32 Å². The van der Waals surface area contributed by atoms with Crippen molar-refractivity contribution in [3.8, 4) is 0 Å². The van der Waals surface area contributed by atoms with Gasteiger partial charge in [-0.15, -0.1) is 0 Å². The first-order valence-corrected chi connectivity index (χ1v) is 6.80. The summed E-state index contributed by atoms with van der Waals surface area (Å²) in [6, 6.07) is 8.12. The zero-order valence-electron chi connectivity index (χ0n) is 10.8. The second-order valence-corrected chi connectivity index (χ2v) is 5.36. The molecule has 1 aromatic rings. The molecule has 1 aliphatic carbocycles. The van der Waals surface area contributed by atoms with Crippen molar-refractivity contribution >= 4 is 5.69 Å². The number of nitrogens with two attached hydrogens (primary N) is 1. The van der Waals surface area contributed by atoms with E-state index in [4.69, 9.17) is 5.73 Å². The quantitative estimate of drug-likeness (QED) is 0.764. The van der Waals surface area contributed by atoms with Crippen LogP contribution in [0.15, 0.2) is 24.3 Å². The summed E-state index contributed by atoms with van der Waals surface area (Å²) in [5.74, 6) is 0. The summed E-state index contributed by atoms with van der Waals surface area (Å²) < 4.78 is 0. The Bertz CT molecular complexity index is 354. The minimum atomic E-state index is 0.559. The van der Waals surface area contributed by atoms with Gasteiger partial charge in [-0.1, -0.05) is 38.0 Å². The van der Waals surface area contributed by atoms with Gasteiger partial charge in [0.05, 0.1) is 0 Å². The lowest BCUT2D eigenvalue weighted by molar-refractivity contribution is 0.268. The van der Waals surface area contributed by atoms with Crippen molar-refractivity contribution < 1.29 is 0 Å². The first-order chi connectivity index (χ1) is 8.26. The van der Waals surface area contributed by atoms with E-state index in [1.807, 2.05) is 12.1 Å². The third kappa shape index (κ3) is 3.01. The van der Waals surface area contributed by atoms with Crippen molar-refractivity contribution in [2.75, 3.05) is 12.3 Å². The molecule has 0 saturated heterocycles. The number of rotatable bonds is 5. The van der Waals surface area contributed by atoms with Crippen LogP contribution in [-0.4, -0.2) is 6.54 Å². The Morgan fingerprint density at radius 1 is 1.24 bits per heavy atom. The highest BCUT2D eigenvalue weighted by Gasteiger charge is 2.31. The van der Waals surface area contributed by atoms with Crippen molar-refractivity contribution in [2.45, 2.75) is 45.6 Å². The highest BCUT2D eigenvalue weighted by atomic mass is 14.9. The van der Waals surface area contributed by atoms with E-state index in [2.05, 4.69) is 24.4 Å². The van der Waals surface area contributed by atoms with Crippen molar-refractivity contribution in [3.05, 3.63) is 29.8 Å². The summed E-state index contributed by atoms with van der Waals surface area (Å²) in [6.45, 7) is 4.36. The molecule has 2 rings (SSSR count). The molecule has 0 aromatic heterocycles. The number of benzene rings is 1. The first-order valence-electron chi connectivity index (χ1n) is 6.80. The van der Waals surface area contributed by atoms with Gasteiger partial charge in [-0.05, 0) is 36.3 Å². The molecule has 1 aliphatic rings. The second-order valence-electron chi connectivity index (χ2n) is 5.36. The van der Waals surface area contributed by atoms with Crippen LogP contribution in [0, 0.1) is 5.41 Å². The fourth-order valence-electron chi connectivity index (χ4n) is 2.94. The first kappa shape index (κ1) is 12.4. The van der Waals surface area contributed by atoms with Gasteiger partial charge in [0.2, 0.25) is 0 Å². The Morgan fingerprint density at radius 2 is 1.94 bits per heavy atom. The molecule has 0 amide bonds. The van der Waals surface area contributed by atoms with E-state index in [0.717, 1.165) is 18.8 Å². The van der Waals surface area contributed by atoms with Crippen LogP contribution in [-0.2, 0) is 6.54 Å². The van der Waals surface area contributed by atoms with Crippen LogP contribution in [0.4, 0.5) is 5.69 Å². The normalized spacial score (nSPS) is 18.4. The van der Waals surface area contributed by atoms with Gasteiger partial charge in [0.25, 0.3) is 0 Å². The van der Waals surface area contributed by atoms with E-state index in [9.17, 15) is 0 Å². The van der Waals surface area contributed by atoms with Gasteiger partial charge in [0.1, 0.15) is 0 Å². The predicted octanol–water partition coefficient (Wildman–Crippen LogP) is 3.33. The molecule has 1 aromatic carbocycles. The maximum Gasteiger partial charge on any atom is 0.0359 e. The molecule has 17 heavy (non-hydrogen) atoms. The van der Waals surface area contributed by atoms with Crippen LogP contribution in [0.25, 0.3) is 0 Å². The zero-order chi connectivity index (χ0) is 12.1. The van der Waals surface area contributed by atoms with E-state index in [-0.39, 0.29) is 0 Å². The van der Waals surface area contributed by atoms with Crippen LogP contribution in [0.3, 0.4) is 0 Å². The van der Waals surface area contributed by atoms with Gasteiger partial charge in [0, 0.05) is 18.8 Å². The number of anilines is 1. The Kier molecular flexibility index (Phi) is 4.06. The van der Waals surface area contributed by atoms with Gasteiger partial charge in [0.15, 0.2) is 0 Å². The summed E-state index contributed by atoms with van der Waals surface area (Å²) >= 11 is 0. The number of hydrogen-bond donors (Lipinski definition) is 2. The van der Waals surface area contributed by atoms with E-state index < -0.39 is 0 Å². The predicted molar refractivity (Wildman–Crippen MR) is 73.8 cm³/mol. The van der Waals surface area contributed by atoms with Crippen molar-refractivity contribution in [1.29, 1.82) is 0 Å². The van der Waals surface area contributed by atoms with Gasteiger partial charge in [-0.25, -0.2) is 0 Å². The molecule has 0 radical (unpaired) electrons. The van der Waals surface area contributed by atoms with Crippen LogP contribution in [0.1, 0.15) is 44.6 Å².